The summed E-state index contributed by atoms with van der Waals surface area (Å²) in [5, 5.41) is 13.1. The maximum Gasteiger partial charge on any atom is 0.0950 e. The molecule has 1 N–H and O–H groups in total. The summed E-state index contributed by atoms with van der Waals surface area (Å²) in [5.74, 6) is 0.782. The Bertz CT molecular complexity index is 573. The van der Waals surface area contributed by atoms with Gasteiger partial charge in [0.1, 0.15) is 0 Å². The van der Waals surface area contributed by atoms with Crippen molar-refractivity contribution in [3.63, 3.8) is 0 Å². The van der Waals surface area contributed by atoms with Crippen LogP contribution in [0, 0.1) is 5.92 Å². The Morgan fingerprint density at radius 2 is 2.05 bits per heavy atom. The molecule has 4 nitrogen and oxygen atoms in total. The van der Waals surface area contributed by atoms with Gasteiger partial charge in [0.25, 0.3) is 0 Å². The first kappa shape index (κ1) is 14.3. The monoisotopic (exact) mass is 284 g/mol. The topological polar surface area (TPSA) is 41.0 Å². The third-order valence-corrected chi connectivity index (χ3v) is 4.30. The van der Waals surface area contributed by atoms with Gasteiger partial charge in [-0.05, 0) is 44.3 Å². The largest absolute Gasteiger partial charge is 0.369 e. The van der Waals surface area contributed by atoms with E-state index < -0.39 is 0 Å². The van der Waals surface area contributed by atoms with E-state index in [1.165, 1.54) is 23.9 Å². The Morgan fingerprint density at radius 3 is 2.86 bits per heavy atom. The summed E-state index contributed by atoms with van der Waals surface area (Å²) >= 11 is 0. The molecule has 1 fully saturated rings. The van der Waals surface area contributed by atoms with Crippen molar-refractivity contribution in [2.75, 3.05) is 31.1 Å². The van der Waals surface area contributed by atoms with Gasteiger partial charge in [0.2, 0.25) is 0 Å². The number of rotatable bonds is 5. The highest BCUT2D eigenvalue weighted by atomic mass is 15.2. The van der Waals surface area contributed by atoms with E-state index in [1.54, 1.807) is 0 Å². The molecule has 1 saturated heterocycles. The Kier molecular flexibility index (Phi) is 4.65. The summed E-state index contributed by atoms with van der Waals surface area (Å²) in [5.41, 5.74) is 2.22. The van der Waals surface area contributed by atoms with E-state index in [2.05, 4.69) is 39.5 Å². The van der Waals surface area contributed by atoms with Crippen molar-refractivity contribution in [2.45, 2.75) is 26.2 Å². The van der Waals surface area contributed by atoms with E-state index in [1.807, 2.05) is 18.3 Å². The molecule has 0 bridgehead atoms. The van der Waals surface area contributed by atoms with Crippen LogP contribution >= 0.6 is 0 Å². The van der Waals surface area contributed by atoms with Crippen molar-refractivity contribution in [1.29, 1.82) is 0 Å². The summed E-state index contributed by atoms with van der Waals surface area (Å²) < 4.78 is 0. The zero-order valence-electron chi connectivity index (χ0n) is 12.8. The molecule has 1 aromatic heterocycles. The van der Waals surface area contributed by atoms with E-state index in [9.17, 15) is 0 Å². The molecule has 0 radical (unpaired) electrons. The molecule has 21 heavy (non-hydrogen) atoms. The maximum atomic E-state index is 4.24. The van der Waals surface area contributed by atoms with E-state index >= 15 is 0 Å². The molecule has 0 unspecified atom stereocenters. The first-order valence-electron chi connectivity index (χ1n) is 8.04. The molecule has 1 aliphatic rings. The molecule has 4 heteroatoms. The third-order valence-electron chi connectivity index (χ3n) is 4.30. The number of fused-ring (bicyclic) bond motifs is 1. The number of aromatic nitrogens is 2. The number of hydrogen-bond donors (Lipinski definition) is 1. The minimum absolute atomic E-state index is 0.782. The lowest BCUT2D eigenvalue weighted by molar-refractivity contribution is 0.373. The molecular formula is C17H24N4. The van der Waals surface area contributed by atoms with Crippen molar-refractivity contribution in [3.05, 3.63) is 30.5 Å². The van der Waals surface area contributed by atoms with Gasteiger partial charge in [-0.25, -0.2) is 0 Å². The normalized spacial score (nSPS) is 16.2. The van der Waals surface area contributed by atoms with Crippen LogP contribution in [-0.4, -0.2) is 36.4 Å². The highest BCUT2D eigenvalue weighted by molar-refractivity contribution is 5.90. The van der Waals surface area contributed by atoms with Crippen LogP contribution in [0.5, 0.6) is 0 Å². The van der Waals surface area contributed by atoms with E-state index in [0.29, 0.717) is 0 Å². The van der Waals surface area contributed by atoms with Gasteiger partial charge in [0, 0.05) is 18.5 Å². The van der Waals surface area contributed by atoms with Crippen LogP contribution in [-0.2, 0) is 0 Å². The van der Waals surface area contributed by atoms with E-state index in [4.69, 9.17) is 0 Å². The van der Waals surface area contributed by atoms with Crippen LogP contribution in [0.3, 0.4) is 0 Å². The van der Waals surface area contributed by atoms with Gasteiger partial charge >= 0.3 is 0 Å². The molecule has 112 valence electrons. The molecule has 3 rings (SSSR count). The van der Waals surface area contributed by atoms with Gasteiger partial charge in [0.05, 0.1) is 17.4 Å². The Hall–Kier alpha value is -1.68. The Balaban J connectivity index is 1.87. The Labute approximate surface area is 126 Å². The summed E-state index contributed by atoms with van der Waals surface area (Å²) in [6.07, 6.45) is 5.63. The zero-order valence-corrected chi connectivity index (χ0v) is 12.8. The summed E-state index contributed by atoms with van der Waals surface area (Å²) in [4.78, 5) is 2.51. The van der Waals surface area contributed by atoms with Crippen LogP contribution in [0.15, 0.2) is 30.5 Å². The predicted molar refractivity (Wildman–Crippen MR) is 87.6 cm³/mol. The quantitative estimate of drug-likeness (QED) is 0.916. The number of anilines is 1. The van der Waals surface area contributed by atoms with Crippen LogP contribution in [0.4, 0.5) is 5.69 Å². The molecule has 0 amide bonds. The lowest BCUT2D eigenvalue weighted by atomic mass is 9.97. The van der Waals surface area contributed by atoms with Crippen LogP contribution < -0.4 is 10.2 Å². The van der Waals surface area contributed by atoms with Gasteiger partial charge in [-0.15, -0.1) is 0 Å². The van der Waals surface area contributed by atoms with Gasteiger partial charge in [0.15, 0.2) is 0 Å². The number of piperidine rings is 1. The number of hydrogen-bond acceptors (Lipinski definition) is 4. The predicted octanol–water partition coefficient (Wildman–Crippen LogP) is 2.85. The first-order chi connectivity index (χ1) is 10.4. The third kappa shape index (κ3) is 3.32. The van der Waals surface area contributed by atoms with Gasteiger partial charge < -0.3 is 10.2 Å². The van der Waals surface area contributed by atoms with Crippen molar-refractivity contribution >= 4 is 16.6 Å². The summed E-state index contributed by atoms with van der Waals surface area (Å²) in [7, 11) is 0. The lowest BCUT2D eigenvalue weighted by Gasteiger charge is -2.31. The number of nitrogens with one attached hydrogen (secondary N) is 1. The van der Waals surface area contributed by atoms with Crippen molar-refractivity contribution < 1.29 is 0 Å². The van der Waals surface area contributed by atoms with Crippen molar-refractivity contribution in [1.82, 2.24) is 15.5 Å². The van der Waals surface area contributed by atoms with Crippen LogP contribution in [0.1, 0.15) is 26.2 Å². The summed E-state index contributed by atoms with van der Waals surface area (Å²) in [6.45, 7) is 6.76. The van der Waals surface area contributed by atoms with E-state index in [0.717, 1.165) is 44.0 Å². The number of benzene rings is 1. The highest BCUT2D eigenvalue weighted by Crippen LogP contribution is 2.26. The fourth-order valence-electron chi connectivity index (χ4n) is 3.20. The second-order valence-corrected chi connectivity index (χ2v) is 5.89. The molecule has 0 aliphatic carbocycles. The fraction of sp³-hybridized carbons (Fsp3) is 0.529. The minimum Gasteiger partial charge on any atom is -0.369 e. The molecule has 1 aliphatic heterocycles. The van der Waals surface area contributed by atoms with Crippen LogP contribution in [0.2, 0.25) is 0 Å². The van der Waals surface area contributed by atoms with Gasteiger partial charge in [-0.2, -0.15) is 10.2 Å². The van der Waals surface area contributed by atoms with Gasteiger partial charge in [-0.1, -0.05) is 25.1 Å². The standard InChI is InChI=1S/C17H24N4/c1-2-11-21(13-14-7-9-18-10-8-14)17-12-19-20-16-6-4-3-5-15(16)17/h3-6,12,14,18H,2,7-11,13H2,1H3. The molecule has 0 spiro atoms. The van der Waals surface area contributed by atoms with Crippen LogP contribution in [0.25, 0.3) is 10.9 Å². The summed E-state index contributed by atoms with van der Waals surface area (Å²) in [6, 6.07) is 8.31. The average Bonchev–Trinajstić information content (AvgIpc) is 2.55. The average molecular weight is 284 g/mol. The highest BCUT2D eigenvalue weighted by Gasteiger charge is 2.18. The maximum absolute atomic E-state index is 4.24. The fourth-order valence-corrected chi connectivity index (χ4v) is 3.20. The van der Waals surface area contributed by atoms with E-state index in [-0.39, 0.29) is 0 Å². The second kappa shape index (κ2) is 6.85. The molecular weight excluding hydrogens is 260 g/mol. The molecule has 2 aromatic rings. The first-order valence-corrected chi connectivity index (χ1v) is 8.04. The second-order valence-electron chi connectivity index (χ2n) is 5.89. The van der Waals surface area contributed by atoms with Crippen molar-refractivity contribution in [3.8, 4) is 0 Å². The molecule has 2 heterocycles. The lowest BCUT2D eigenvalue weighted by Crippen LogP contribution is -2.36. The smallest absolute Gasteiger partial charge is 0.0950 e. The zero-order chi connectivity index (χ0) is 14.5. The molecule has 0 atom stereocenters. The van der Waals surface area contributed by atoms with Crippen molar-refractivity contribution in [2.24, 2.45) is 5.92 Å². The number of nitrogens with zero attached hydrogens (tertiary/aromatic N) is 3. The minimum atomic E-state index is 0.782. The Morgan fingerprint density at radius 1 is 1.24 bits per heavy atom. The SMILES string of the molecule is CCCN(CC1CCNCC1)c1cnnc2ccccc12. The van der Waals surface area contributed by atoms with Gasteiger partial charge in [-0.3, -0.25) is 0 Å². The molecule has 1 aromatic carbocycles. The molecule has 0 saturated carbocycles.